The minimum atomic E-state index is -2.22. The number of benzene rings is 4. The van der Waals surface area contributed by atoms with Gasteiger partial charge in [-0.3, -0.25) is 14.5 Å². The van der Waals surface area contributed by atoms with Crippen LogP contribution in [0.2, 0.25) is 18.1 Å². The summed E-state index contributed by atoms with van der Waals surface area (Å²) in [6.45, 7) is 19.4. The summed E-state index contributed by atoms with van der Waals surface area (Å²) in [5.41, 5.74) is 6.29. The molecule has 0 radical (unpaired) electrons. The third-order valence-electron chi connectivity index (χ3n) is 14.6. The molecule has 13 heteroatoms. The van der Waals surface area contributed by atoms with E-state index in [9.17, 15) is 24.6 Å². The molecule has 68 heavy (non-hydrogen) atoms. The number of para-hydroxylation sites is 1. The molecule has 12 nitrogen and oxygen atoms in total. The van der Waals surface area contributed by atoms with Crippen LogP contribution in [-0.2, 0) is 26.8 Å². The van der Waals surface area contributed by atoms with Gasteiger partial charge in [-0.15, -0.1) is 0 Å². The summed E-state index contributed by atoms with van der Waals surface area (Å²) in [5.74, 6) is 1.10. The molecule has 1 unspecified atom stereocenters. The minimum absolute atomic E-state index is 0.0202. The number of pyridine rings is 1. The number of hydrogen-bond acceptors (Lipinski definition) is 8. The number of aromatic amines is 1. The Morgan fingerprint density at radius 3 is 2.22 bits per heavy atom. The molecule has 364 valence electrons. The van der Waals surface area contributed by atoms with Crippen LogP contribution in [0.3, 0.4) is 0 Å². The third kappa shape index (κ3) is 12.7. The van der Waals surface area contributed by atoms with E-state index in [1.807, 2.05) is 65.6 Å². The van der Waals surface area contributed by atoms with Crippen molar-refractivity contribution in [3.8, 4) is 16.9 Å². The van der Waals surface area contributed by atoms with Gasteiger partial charge in [0.1, 0.15) is 5.75 Å². The van der Waals surface area contributed by atoms with Gasteiger partial charge < -0.3 is 39.5 Å². The van der Waals surface area contributed by atoms with Crippen LogP contribution in [-0.4, -0.2) is 110 Å². The van der Waals surface area contributed by atoms with Gasteiger partial charge in [0.25, 0.3) is 0 Å². The van der Waals surface area contributed by atoms with E-state index >= 15 is 0 Å². The monoisotopic (exact) mass is 944 g/mol. The van der Waals surface area contributed by atoms with Gasteiger partial charge in [0.05, 0.1) is 36.9 Å². The second kappa shape index (κ2) is 22.9. The van der Waals surface area contributed by atoms with E-state index in [4.69, 9.17) is 9.16 Å². The minimum Gasteiger partial charge on any atom is -0.506 e. The second-order valence-electron chi connectivity index (χ2n) is 20.4. The fraction of sp³-hybridized carbons (Fsp3) is 0.473. The number of carboxylic acid groups (broad SMARTS) is 1. The van der Waals surface area contributed by atoms with Crippen LogP contribution in [0.4, 0.5) is 10.5 Å². The number of rotatable bonds is 22. The fourth-order valence-corrected chi connectivity index (χ4v) is 11.2. The van der Waals surface area contributed by atoms with Crippen LogP contribution >= 0.6 is 0 Å². The van der Waals surface area contributed by atoms with E-state index in [2.05, 4.69) is 80.3 Å². The molecule has 1 saturated carbocycles. The molecule has 4 aromatic carbocycles. The molecule has 2 aliphatic rings. The van der Waals surface area contributed by atoms with E-state index in [1.54, 1.807) is 17.0 Å². The predicted molar refractivity (Wildman–Crippen MR) is 275 cm³/mol. The van der Waals surface area contributed by atoms with E-state index < -0.39 is 14.4 Å². The third-order valence-corrected chi connectivity index (χ3v) is 19.1. The molecule has 5 aromatic rings. The number of aromatic hydroxyl groups is 1. The second-order valence-corrected chi connectivity index (χ2v) is 25.1. The lowest BCUT2D eigenvalue weighted by molar-refractivity contribution is -0.132. The summed E-state index contributed by atoms with van der Waals surface area (Å²) in [6, 6.07) is 33.4. The first-order valence-electron chi connectivity index (χ1n) is 24.7. The number of nitrogens with zero attached hydrogens (tertiary/aromatic N) is 3. The lowest BCUT2D eigenvalue weighted by Crippen LogP contribution is -2.44. The van der Waals surface area contributed by atoms with Gasteiger partial charge in [-0.25, -0.2) is 4.79 Å². The quantitative estimate of drug-likeness (QED) is 0.0393. The predicted octanol–water partition coefficient (Wildman–Crippen LogP) is 9.88. The summed E-state index contributed by atoms with van der Waals surface area (Å²) >= 11 is 0. The maximum Gasteiger partial charge on any atom is 0.412 e. The number of carbonyl (C=O) groups is 2. The summed E-state index contributed by atoms with van der Waals surface area (Å²) in [6.07, 6.45) is 3.50. The number of H-pyrrole nitrogens is 1. The normalized spacial score (nSPS) is 17.9. The van der Waals surface area contributed by atoms with Gasteiger partial charge in [0.2, 0.25) is 11.5 Å². The van der Waals surface area contributed by atoms with Crippen molar-refractivity contribution in [2.75, 3.05) is 63.9 Å². The van der Waals surface area contributed by atoms with E-state index in [-0.39, 0.29) is 34.4 Å². The molecule has 2 heterocycles. The summed E-state index contributed by atoms with van der Waals surface area (Å²) in [7, 11) is -2.22. The Labute approximate surface area is 403 Å². The first-order chi connectivity index (χ1) is 32.6. The Morgan fingerprint density at radius 2 is 1.54 bits per heavy atom. The average Bonchev–Trinajstić information content (AvgIpc) is 3.88. The summed E-state index contributed by atoms with van der Waals surface area (Å²) < 4.78 is 12.9. The molecule has 4 N–H and O–H groups in total. The van der Waals surface area contributed by atoms with Crippen molar-refractivity contribution < 1.29 is 29.0 Å². The zero-order chi connectivity index (χ0) is 48.4. The van der Waals surface area contributed by atoms with Crippen molar-refractivity contribution in [2.45, 2.75) is 96.5 Å². The average molecular weight is 944 g/mol. The number of carbonyl (C=O) groups excluding carboxylic acids is 1. The van der Waals surface area contributed by atoms with E-state index in [1.165, 1.54) is 17.2 Å². The number of ether oxygens (including phenoxy) is 1. The number of aromatic nitrogens is 1. The Bertz CT molecular complexity index is 2490. The first kappa shape index (κ1) is 50.6. The fourth-order valence-electron chi connectivity index (χ4n) is 9.89. The number of amides is 2. The number of anilines is 1. The zero-order valence-corrected chi connectivity index (χ0v) is 42.0. The van der Waals surface area contributed by atoms with E-state index in [0.29, 0.717) is 63.2 Å². The molecule has 2 amide bonds. The summed E-state index contributed by atoms with van der Waals surface area (Å²) in [4.78, 5) is 47.1. The molecule has 1 aromatic heterocycles. The first-order valence-corrected chi connectivity index (χ1v) is 27.6. The Hall–Kier alpha value is -5.31. The van der Waals surface area contributed by atoms with Crippen molar-refractivity contribution in [1.29, 1.82) is 0 Å². The number of phenols is 1. The molecule has 1 saturated heterocycles. The highest BCUT2D eigenvalue weighted by Gasteiger charge is 2.44. The topological polar surface area (TPSA) is 148 Å². The largest absolute Gasteiger partial charge is 0.506 e. The van der Waals surface area contributed by atoms with Crippen molar-refractivity contribution in [3.05, 3.63) is 130 Å². The highest BCUT2D eigenvalue weighted by molar-refractivity contribution is 6.74. The van der Waals surface area contributed by atoms with Gasteiger partial charge in [-0.2, -0.15) is 0 Å². The van der Waals surface area contributed by atoms with Gasteiger partial charge in [-0.1, -0.05) is 107 Å². The van der Waals surface area contributed by atoms with Crippen molar-refractivity contribution in [3.63, 3.8) is 0 Å². The lowest BCUT2D eigenvalue weighted by atomic mass is 10.0. The standard InChI is InChI=1S/C55H73N5O7Si/c1-7-29-59(31-28-56-36-50(67-68(5,6)55(2,3)4)46-21-23-49(61)53-47(46)22-24-51(62)57-53)52(63)27-33-66-32-26-40-19-17-39(18-20-40)25-30-58-37-42-34-44(35-43(42)38-58)60(54(64)65)48-16-12-11-15-45(48)41-13-9-8-10-14-41/h8-24,42-44,50,56,61H,7,25-38H2,1-6H3,(H,57,62)(H,64,65)/t42-,43+,44?,50-/m0/s1. The zero-order valence-electron chi connectivity index (χ0n) is 41.0. The number of hydrogen-bond donors (Lipinski definition) is 4. The molecule has 1 aliphatic heterocycles. The number of nitrogens with one attached hydrogen (secondary N) is 2. The van der Waals surface area contributed by atoms with Crippen LogP contribution in [0.15, 0.2) is 108 Å². The van der Waals surface area contributed by atoms with Crippen LogP contribution in [0.1, 0.15) is 76.2 Å². The Balaban J connectivity index is 0.815. The van der Waals surface area contributed by atoms with Crippen molar-refractivity contribution in [2.24, 2.45) is 11.8 Å². The van der Waals surface area contributed by atoms with Gasteiger partial charge in [0, 0.05) is 68.9 Å². The molecule has 0 spiro atoms. The Morgan fingerprint density at radius 1 is 0.868 bits per heavy atom. The van der Waals surface area contributed by atoms with E-state index in [0.717, 1.165) is 79.5 Å². The van der Waals surface area contributed by atoms with Crippen molar-refractivity contribution >= 4 is 36.9 Å². The Kier molecular flexibility index (Phi) is 17.0. The van der Waals surface area contributed by atoms with Crippen LogP contribution in [0.5, 0.6) is 5.75 Å². The summed E-state index contributed by atoms with van der Waals surface area (Å²) in [5, 5.41) is 25.3. The van der Waals surface area contributed by atoms with Crippen LogP contribution in [0, 0.1) is 11.8 Å². The van der Waals surface area contributed by atoms with Gasteiger partial charge in [-0.05, 0) is 103 Å². The van der Waals surface area contributed by atoms with Crippen LogP contribution in [0.25, 0.3) is 22.0 Å². The molecule has 2 fully saturated rings. The maximum absolute atomic E-state index is 13.4. The van der Waals surface area contributed by atoms with Gasteiger partial charge in [0.15, 0.2) is 8.32 Å². The number of fused-ring (bicyclic) bond motifs is 2. The molecule has 0 bridgehead atoms. The molecule has 4 atom stereocenters. The number of phenolic OH excluding ortho intramolecular Hbond substituents is 1. The lowest BCUT2D eigenvalue weighted by Gasteiger charge is -2.39. The SMILES string of the molecule is CCCN(CCNC[C@H](O[Si](C)(C)C(C)(C)C)c1ccc(O)c2[nH]c(=O)ccc12)C(=O)CCOCCc1ccc(CCN2C[C@H]3CC(N(C(=O)O)c4ccccc4-c4ccccc4)C[C@H]3C2)cc1. The number of likely N-dealkylation sites (tertiary alicyclic amines) is 1. The highest BCUT2D eigenvalue weighted by Crippen LogP contribution is 2.44. The molecule has 7 rings (SSSR count). The van der Waals surface area contributed by atoms with Crippen LogP contribution < -0.4 is 15.8 Å². The molecular weight excluding hydrogens is 871 g/mol. The maximum atomic E-state index is 13.4. The van der Waals surface area contributed by atoms with Gasteiger partial charge >= 0.3 is 6.09 Å². The smallest absolute Gasteiger partial charge is 0.412 e. The molecular formula is C55H73N5O7Si. The van der Waals surface area contributed by atoms with Crippen molar-refractivity contribution in [1.82, 2.24) is 20.1 Å². The highest BCUT2D eigenvalue weighted by atomic mass is 28.4. The molecule has 1 aliphatic carbocycles.